The average Bonchev–Trinajstić information content (AvgIpc) is 2.72. The van der Waals surface area contributed by atoms with Crippen molar-refractivity contribution in [2.75, 3.05) is 12.5 Å². The topological polar surface area (TPSA) is 55.8 Å². The Bertz CT molecular complexity index is 444. The van der Waals surface area contributed by atoms with Crippen molar-refractivity contribution in [3.8, 4) is 11.5 Å². The van der Waals surface area contributed by atoms with Gasteiger partial charge in [-0.15, -0.1) is 11.8 Å². The lowest BCUT2D eigenvalue weighted by atomic mass is 10.2. The third kappa shape index (κ3) is 2.66. The molecule has 0 radical (unpaired) electrons. The fourth-order valence-electron chi connectivity index (χ4n) is 1.47. The molecular weight excluding hydrogens is 240 g/mol. The third-order valence-electron chi connectivity index (χ3n) is 2.58. The summed E-state index contributed by atoms with van der Waals surface area (Å²) in [6.07, 6.45) is 0. The minimum Gasteiger partial charge on any atom is -0.481 e. The Morgan fingerprint density at radius 1 is 1.47 bits per heavy atom. The van der Waals surface area contributed by atoms with Gasteiger partial charge in [0.2, 0.25) is 6.79 Å². The molecular formula is C12H14O4S. The van der Waals surface area contributed by atoms with Gasteiger partial charge >= 0.3 is 5.97 Å². The summed E-state index contributed by atoms with van der Waals surface area (Å²) in [4.78, 5) is 11.8. The molecule has 1 N–H and O–H groups in total. The molecule has 2 rings (SSSR count). The number of benzene rings is 1. The summed E-state index contributed by atoms with van der Waals surface area (Å²) in [5.41, 5.74) is 1.08. The van der Waals surface area contributed by atoms with Crippen molar-refractivity contribution < 1.29 is 19.4 Å². The largest absolute Gasteiger partial charge is 0.481 e. The summed E-state index contributed by atoms with van der Waals surface area (Å²) >= 11 is 1.53. The molecule has 1 aliphatic rings. The van der Waals surface area contributed by atoms with Gasteiger partial charge in [0, 0.05) is 10.6 Å². The second-order valence-corrected chi connectivity index (χ2v) is 5.08. The first kappa shape index (κ1) is 12.1. The van der Waals surface area contributed by atoms with Gasteiger partial charge in [-0.2, -0.15) is 0 Å². The van der Waals surface area contributed by atoms with Crippen LogP contribution in [0, 0.1) is 12.8 Å². The first-order valence-corrected chi connectivity index (χ1v) is 6.32. The molecule has 1 aromatic carbocycles. The Labute approximate surface area is 104 Å². The van der Waals surface area contributed by atoms with Gasteiger partial charge in [0.15, 0.2) is 11.5 Å². The Kier molecular flexibility index (Phi) is 3.47. The highest BCUT2D eigenvalue weighted by Crippen LogP contribution is 2.38. The Morgan fingerprint density at radius 2 is 2.12 bits per heavy atom. The van der Waals surface area contributed by atoms with Crippen LogP contribution < -0.4 is 9.47 Å². The lowest BCUT2D eigenvalue weighted by Gasteiger charge is -2.09. The van der Waals surface area contributed by atoms with E-state index in [4.69, 9.17) is 14.6 Å². The molecule has 0 saturated heterocycles. The Hall–Kier alpha value is -1.36. The molecule has 5 heteroatoms. The lowest BCUT2D eigenvalue weighted by Crippen LogP contribution is -2.11. The number of fused-ring (bicyclic) bond motifs is 1. The summed E-state index contributed by atoms with van der Waals surface area (Å²) in [6, 6.07) is 3.84. The summed E-state index contributed by atoms with van der Waals surface area (Å²) in [5, 5.41) is 8.83. The number of hydrogen-bond acceptors (Lipinski definition) is 4. The van der Waals surface area contributed by atoms with E-state index in [1.165, 1.54) is 11.8 Å². The van der Waals surface area contributed by atoms with E-state index in [-0.39, 0.29) is 12.7 Å². The highest BCUT2D eigenvalue weighted by Gasteiger charge is 2.17. The summed E-state index contributed by atoms with van der Waals surface area (Å²) < 4.78 is 10.6. The van der Waals surface area contributed by atoms with Crippen molar-refractivity contribution >= 4 is 17.7 Å². The zero-order chi connectivity index (χ0) is 12.4. The van der Waals surface area contributed by atoms with Crippen molar-refractivity contribution in [2.45, 2.75) is 18.7 Å². The third-order valence-corrected chi connectivity index (χ3v) is 4.00. The van der Waals surface area contributed by atoms with Gasteiger partial charge in [-0.3, -0.25) is 4.79 Å². The van der Waals surface area contributed by atoms with Crippen LogP contribution in [0.2, 0.25) is 0 Å². The minimum absolute atomic E-state index is 0.258. The minimum atomic E-state index is -0.768. The van der Waals surface area contributed by atoms with E-state index in [0.29, 0.717) is 5.75 Å². The van der Waals surface area contributed by atoms with E-state index < -0.39 is 5.97 Å². The standard InChI is InChI=1S/C12H14O4S/c1-7-3-9-10(16-6-15-9)4-11(7)17-5-8(2)12(13)14/h3-4,8H,5-6H2,1-2H3,(H,13,14). The summed E-state index contributed by atoms with van der Waals surface area (Å²) in [5.74, 6) is 0.926. The maximum Gasteiger partial charge on any atom is 0.307 e. The van der Waals surface area contributed by atoms with Crippen molar-refractivity contribution in [3.63, 3.8) is 0 Å². The number of carboxylic acids is 1. The molecule has 0 aliphatic carbocycles. The van der Waals surface area contributed by atoms with Crippen LogP contribution in [0.15, 0.2) is 17.0 Å². The van der Waals surface area contributed by atoms with Crippen LogP contribution in [0.4, 0.5) is 0 Å². The molecule has 1 atom stereocenters. The van der Waals surface area contributed by atoms with Crippen LogP contribution >= 0.6 is 11.8 Å². The molecule has 1 aromatic rings. The highest BCUT2D eigenvalue weighted by molar-refractivity contribution is 7.99. The van der Waals surface area contributed by atoms with Crippen molar-refractivity contribution in [1.82, 2.24) is 0 Å². The number of aryl methyl sites for hydroxylation is 1. The van der Waals surface area contributed by atoms with Gasteiger partial charge in [0.1, 0.15) is 0 Å². The van der Waals surface area contributed by atoms with E-state index in [2.05, 4.69) is 0 Å². The maximum absolute atomic E-state index is 10.7. The quantitative estimate of drug-likeness (QED) is 0.837. The van der Waals surface area contributed by atoms with Crippen LogP contribution in [0.1, 0.15) is 12.5 Å². The van der Waals surface area contributed by atoms with E-state index in [1.54, 1.807) is 6.92 Å². The number of carbonyl (C=O) groups is 1. The zero-order valence-corrected chi connectivity index (χ0v) is 10.5. The van der Waals surface area contributed by atoms with Gasteiger partial charge in [-0.1, -0.05) is 6.92 Å². The lowest BCUT2D eigenvalue weighted by molar-refractivity contribution is -0.140. The molecule has 0 bridgehead atoms. The zero-order valence-electron chi connectivity index (χ0n) is 9.73. The van der Waals surface area contributed by atoms with Crippen LogP contribution in [0.5, 0.6) is 11.5 Å². The van der Waals surface area contributed by atoms with E-state index in [1.807, 2.05) is 19.1 Å². The van der Waals surface area contributed by atoms with Gasteiger partial charge in [0.25, 0.3) is 0 Å². The first-order chi connectivity index (χ1) is 8.08. The van der Waals surface area contributed by atoms with Crippen LogP contribution in [-0.2, 0) is 4.79 Å². The molecule has 0 amide bonds. The predicted octanol–water partition coefficient (Wildman–Crippen LogP) is 2.54. The smallest absolute Gasteiger partial charge is 0.307 e. The second-order valence-electron chi connectivity index (χ2n) is 4.02. The van der Waals surface area contributed by atoms with E-state index in [0.717, 1.165) is 22.0 Å². The number of aliphatic carboxylic acids is 1. The van der Waals surface area contributed by atoms with E-state index >= 15 is 0 Å². The fraction of sp³-hybridized carbons (Fsp3) is 0.417. The van der Waals surface area contributed by atoms with Crippen LogP contribution in [0.3, 0.4) is 0 Å². The van der Waals surface area contributed by atoms with Crippen molar-refractivity contribution in [3.05, 3.63) is 17.7 Å². The maximum atomic E-state index is 10.7. The first-order valence-electron chi connectivity index (χ1n) is 5.34. The van der Waals surface area contributed by atoms with Crippen molar-refractivity contribution in [2.24, 2.45) is 5.92 Å². The molecule has 0 fully saturated rings. The van der Waals surface area contributed by atoms with Crippen LogP contribution in [-0.4, -0.2) is 23.6 Å². The van der Waals surface area contributed by atoms with Gasteiger partial charge in [-0.25, -0.2) is 0 Å². The van der Waals surface area contributed by atoms with Crippen molar-refractivity contribution in [1.29, 1.82) is 0 Å². The summed E-state index contributed by atoms with van der Waals surface area (Å²) in [6.45, 7) is 3.95. The molecule has 0 saturated carbocycles. The normalized spacial score (nSPS) is 14.7. The number of hydrogen-bond donors (Lipinski definition) is 1. The SMILES string of the molecule is Cc1cc2c(cc1SCC(C)C(=O)O)OCO2. The molecule has 0 spiro atoms. The molecule has 17 heavy (non-hydrogen) atoms. The number of ether oxygens (including phenoxy) is 2. The molecule has 1 aliphatic heterocycles. The Balaban J connectivity index is 2.09. The number of rotatable bonds is 4. The fourth-order valence-corrected chi connectivity index (χ4v) is 2.52. The molecule has 0 aromatic heterocycles. The number of carboxylic acid groups (broad SMARTS) is 1. The van der Waals surface area contributed by atoms with Gasteiger partial charge < -0.3 is 14.6 Å². The summed E-state index contributed by atoms with van der Waals surface area (Å²) in [7, 11) is 0. The average molecular weight is 254 g/mol. The number of thioether (sulfide) groups is 1. The van der Waals surface area contributed by atoms with Crippen LogP contribution in [0.25, 0.3) is 0 Å². The van der Waals surface area contributed by atoms with Gasteiger partial charge in [-0.05, 0) is 24.6 Å². The second kappa shape index (κ2) is 4.87. The molecule has 1 heterocycles. The highest BCUT2D eigenvalue weighted by atomic mass is 32.2. The van der Waals surface area contributed by atoms with E-state index in [9.17, 15) is 4.79 Å². The molecule has 1 unspecified atom stereocenters. The molecule has 4 nitrogen and oxygen atoms in total. The molecule has 92 valence electrons. The Morgan fingerprint density at radius 3 is 2.76 bits per heavy atom. The predicted molar refractivity (Wildman–Crippen MR) is 64.8 cm³/mol. The monoisotopic (exact) mass is 254 g/mol. The van der Waals surface area contributed by atoms with Gasteiger partial charge in [0.05, 0.1) is 5.92 Å².